The lowest BCUT2D eigenvalue weighted by Gasteiger charge is -2.28. The third-order valence-electron chi connectivity index (χ3n) is 4.24. The van der Waals surface area contributed by atoms with E-state index in [9.17, 15) is 18.0 Å². The van der Waals surface area contributed by atoms with Crippen molar-refractivity contribution in [2.45, 2.75) is 44.3 Å². The molecule has 0 aliphatic heterocycles. The molecule has 3 nitrogen and oxygen atoms in total. The molecule has 22 heavy (non-hydrogen) atoms. The molecule has 0 saturated heterocycles. The number of carbonyl (C=O) groups excluding carboxylic acids is 1. The van der Waals surface area contributed by atoms with Crippen molar-refractivity contribution in [3.05, 3.63) is 35.4 Å². The SMILES string of the molecule is CC(C)(C(=O)NC(CN)C1CC1)c1cccc(C(F)(F)F)c1. The van der Waals surface area contributed by atoms with E-state index in [4.69, 9.17) is 5.73 Å². The summed E-state index contributed by atoms with van der Waals surface area (Å²) in [5.74, 6) is 0.0976. The van der Waals surface area contributed by atoms with E-state index in [2.05, 4.69) is 5.32 Å². The lowest BCUT2D eigenvalue weighted by Crippen LogP contribution is -2.48. The first-order valence-corrected chi connectivity index (χ1v) is 7.35. The van der Waals surface area contributed by atoms with Crippen LogP contribution >= 0.6 is 0 Å². The summed E-state index contributed by atoms with van der Waals surface area (Å²) in [6.07, 6.45) is -2.35. The summed E-state index contributed by atoms with van der Waals surface area (Å²) in [5, 5.41) is 2.88. The molecule has 1 fully saturated rings. The topological polar surface area (TPSA) is 55.1 Å². The van der Waals surface area contributed by atoms with E-state index in [1.165, 1.54) is 6.07 Å². The van der Waals surface area contributed by atoms with Gasteiger partial charge < -0.3 is 11.1 Å². The molecule has 1 atom stereocenters. The minimum absolute atomic E-state index is 0.0995. The molecule has 1 aliphatic rings. The fraction of sp³-hybridized carbons (Fsp3) is 0.562. The fourth-order valence-electron chi connectivity index (χ4n) is 2.43. The van der Waals surface area contributed by atoms with Gasteiger partial charge in [0, 0.05) is 12.6 Å². The number of nitrogens with two attached hydrogens (primary N) is 1. The Morgan fingerprint density at radius 2 is 1.91 bits per heavy atom. The zero-order valence-corrected chi connectivity index (χ0v) is 12.7. The Balaban J connectivity index is 2.19. The molecule has 122 valence electrons. The summed E-state index contributed by atoms with van der Waals surface area (Å²) in [4.78, 5) is 12.5. The van der Waals surface area contributed by atoms with Crippen molar-refractivity contribution >= 4 is 5.91 Å². The zero-order chi connectivity index (χ0) is 16.5. The average molecular weight is 314 g/mol. The van der Waals surface area contributed by atoms with Gasteiger partial charge in [-0.05, 0) is 44.2 Å². The Bertz CT molecular complexity index is 551. The number of alkyl halides is 3. The first-order chi connectivity index (χ1) is 10.2. The standard InChI is InChI=1S/C16H21F3N2O/c1-15(2,14(22)21-13(9-20)10-6-7-10)11-4-3-5-12(8-11)16(17,18)19/h3-5,8,10,13H,6-7,9,20H2,1-2H3,(H,21,22). The second-order valence-electron chi connectivity index (χ2n) is 6.36. The van der Waals surface area contributed by atoms with E-state index in [-0.39, 0.29) is 11.9 Å². The van der Waals surface area contributed by atoms with Crippen molar-refractivity contribution in [1.82, 2.24) is 5.32 Å². The molecular weight excluding hydrogens is 293 g/mol. The second-order valence-corrected chi connectivity index (χ2v) is 6.36. The van der Waals surface area contributed by atoms with Gasteiger partial charge in [-0.3, -0.25) is 4.79 Å². The van der Waals surface area contributed by atoms with Crippen LogP contribution in [0.5, 0.6) is 0 Å². The maximum Gasteiger partial charge on any atom is 0.416 e. The number of nitrogens with one attached hydrogen (secondary N) is 1. The maximum absolute atomic E-state index is 12.8. The molecule has 0 aromatic heterocycles. The van der Waals surface area contributed by atoms with E-state index >= 15 is 0 Å². The van der Waals surface area contributed by atoms with Crippen LogP contribution in [0.1, 0.15) is 37.8 Å². The van der Waals surface area contributed by atoms with E-state index in [0.29, 0.717) is 18.0 Å². The third-order valence-corrected chi connectivity index (χ3v) is 4.24. The zero-order valence-electron chi connectivity index (χ0n) is 12.7. The molecule has 1 aromatic rings. The Kier molecular flexibility index (Phi) is 4.52. The third kappa shape index (κ3) is 3.61. The number of rotatable bonds is 5. The minimum Gasteiger partial charge on any atom is -0.351 e. The molecule has 1 aromatic carbocycles. The first kappa shape index (κ1) is 16.8. The lowest BCUT2D eigenvalue weighted by atomic mass is 9.82. The predicted molar refractivity (Wildman–Crippen MR) is 78.2 cm³/mol. The number of hydrogen-bond donors (Lipinski definition) is 2. The summed E-state index contributed by atoms with van der Waals surface area (Å²) in [6, 6.07) is 4.81. The van der Waals surface area contributed by atoms with Crippen molar-refractivity contribution < 1.29 is 18.0 Å². The number of benzene rings is 1. The fourth-order valence-corrected chi connectivity index (χ4v) is 2.43. The Labute approximate surface area is 128 Å². The summed E-state index contributed by atoms with van der Waals surface area (Å²) < 4.78 is 38.5. The summed E-state index contributed by atoms with van der Waals surface area (Å²) in [7, 11) is 0. The molecular formula is C16H21F3N2O. The van der Waals surface area contributed by atoms with Gasteiger partial charge in [0.1, 0.15) is 0 Å². The number of amides is 1. The number of carbonyl (C=O) groups is 1. The molecule has 1 saturated carbocycles. The van der Waals surface area contributed by atoms with Gasteiger partial charge in [-0.15, -0.1) is 0 Å². The summed E-state index contributed by atoms with van der Waals surface area (Å²) in [5.41, 5.74) is 4.20. The van der Waals surface area contributed by atoms with Gasteiger partial charge >= 0.3 is 6.18 Å². The molecule has 1 aliphatic carbocycles. The monoisotopic (exact) mass is 314 g/mol. The van der Waals surface area contributed by atoms with Crippen LogP contribution in [0, 0.1) is 5.92 Å². The maximum atomic E-state index is 12.8. The Morgan fingerprint density at radius 1 is 1.32 bits per heavy atom. The van der Waals surface area contributed by atoms with Gasteiger partial charge in [0.2, 0.25) is 5.91 Å². The molecule has 0 radical (unpaired) electrons. The highest BCUT2D eigenvalue weighted by molar-refractivity contribution is 5.87. The van der Waals surface area contributed by atoms with Crippen molar-refractivity contribution in [3.8, 4) is 0 Å². The minimum atomic E-state index is -4.42. The Hall–Kier alpha value is -1.56. The van der Waals surface area contributed by atoms with Crippen LogP contribution in [0.15, 0.2) is 24.3 Å². The van der Waals surface area contributed by atoms with Gasteiger partial charge in [-0.1, -0.05) is 18.2 Å². The highest BCUT2D eigenvalue weighted by Gasteiger charge is 2.37. The van der Waals surface area contributed by atoms with E-state index in [1.807, 2.05) is 0 Å². The van der Waals surface area contributed by atoms with Crippen LogP contribution < -0.4 is 11.1 Å². The summed E-state index contributed by atoms with van der Waals surface area (Å²) >= 11 is 0. The van der Waals surface area contributed by atoms with Gasteiger partial charge in [0.25, 0.3) is 0 Å². The molecule has 3 N–H and O–H groups in total. The van der Waals surface area contributed by atoms with Crippen molar-refractivity contribution in [2.75, 3.05) is 6.54 Å². The van der Waals surface area contributed by atoms with Crippen LogP contribution in [0.4, 0.5) is 13.2 Å². The van der Waals surface area contributed by atoms with Gasteiger partial charge in [-0.25, -0.2) is 0 Å². The molecule has 0 heterocycles. The first-order valence-electron chi connectivity index (χ1n) is 7.35. The second kappa shape index (κ2) is 5.91. The molecule has 0 spiro atoms. The molecule has 6 heteroatoms. The van der Waals surface area contributed by atoms with Crippen LogP contribution in [0.2, 0.25) is 0 Å². The molecule has 1 amide bonds. The van der Waals surface area contributed by atoms with Crippen LogP contribution in [0.3, 0.4) is 0 Å². The highest BCUT2D eigenvalue weighted by atomic mass is 19.4. The Morgan fingerprint density at radius 3 is 2.41 bits per heavy atom. The van der Waals surface area contributed by atoms with Crippen molar-refractivity contribution in [1.29, 1.82) is 0 Å². The largest absolute Gasteiger partial charge is 0.416 e. The molecule has 2 rings (SSSR count). The molecule has 0 bridgehead atoms. The van der Waals surface area contributed by atoms with E-state index in [0.717, 1.165) is 25.0 Å². The summed E-state index contributed by atoms with van der Waals surface area (Å²) in [6.45, 7) is 3.59. The molecule has 1 unspecified atom stereocenters. The van der Waals surface area contributed by atoms with Crippen LogP contribution in [0.25, 0.3) is 0 Å². The van der Waals surface area contributed by atoms with Gasteiger partial charge in [0.05, 0.1) is 11.0 Å². The van der Waals surface area contributed by atoms with Crippen molar-refractivity contribution in [2.24, 2.45) is 11.7 Å². The lowest BCUT2D eigenvalue weighted by molar-refractivity contribution is -0.138. The normalized spacial score (nSPS) is 17.2. The number of halogens is 3. The van der Waals surface area contributed by atoms with E-state index in [1.54, 1.807) is 19.9 Å². The quantitative estimate of drug-likeness (QED) is 0.878. The van der Waals surface area contributed by atoms with Crippen LogP contribution in [-0.4, -0.2) is 18.5 Å². The predicted octanol–water partition coefficient (Wildman–Crippen LogP) is 2.84. The van der Waals surface area contributed by atoms with Crippen LogP contribution in [-0.2, 0) is 16.4 Å². The number of hydrogen-bond acceptors (Lipinski definition) is 2. The van der Waals surface area contributed by atoms with Gasteiger partial charge in [0.15, 0.2) is 0 Å². The average Bonchev–Trinajstić information content (AvgIpc) is 3.28. The van der Waals surface area contributed by atoms with Gasteiger partial charge in [-0.2, -0.15) is 13.2 Å². The van der Waals surface area contributed by atoms with E-state index < -0.39 is 17.2 Å². The highest BCUT2D eigenvalue weighted by Crippen LogP contribution is 2.35. The smallest absolute Gasteiger partial charge is 0.351 e. The van der Waals surface area contributed by atoms with Crippen molar-refractivity contribution in [3.63, 3.8) is 0 Å².